The molecular weight excluding hydrogens is 994 g/mol. The lowest BCUT2D eigenvalue weighted by atomic mass is 9.43. The Bertz CT molecular complexity index is 4420. The van der Waals surface area contributed by atoms with Gasteiger partial charge in [-0.15, -0.1) is 0 Å². The van der Waals surface area contributed by atoms with E-state index in [2.05, 4.69) is 296 Å². The summed E-state index contributed by atoms with van der Waals surface area (Å²) in [6, 6.07) is 63.7. The number of benzene rings is 9. The monoisotopic (exact) mass is 1070 g/mol. The fourth-order valence-corrected chi connectivity index (χ4v) is 14.3. The third-order valence-electron chi connectivity index (χ3n) is 18.9. The van der Waals surface area contributed by atoms with Gasteiger partial charge in [0.15, 0.2) is 0 Å². The van der Waals surface area contributed by atoms with Gasteiger partial charge in [0, 0.05) is 72.7 Å². The van der Waals surface area contributed by atoms with Crippen LogP contribution in [-0.2, 0) is 32.5 Å². The second-order valence-corrected chi connectivity index (χ2v) is 29.9. The molecule has 0 radical (unpaired) electrons. The minimum atomic E-state index is -0.301. The highest BCUT2D eigenvalue weighted by atomic mass is 16.3. The minimum Gasteiger partial charge on any atom is -0.456 e. The predicted molar refractivity (Wildman–Crippen MR) is 353 cm³/mol. The molecule has 0 bridgehead atoms. The number of rotatable bonds is 4. The molecule has 410 valence electrons. The van der Waals surface area contributed by atoms with Crippen LogP contribution in [-0.4, -0.2) is 11.4 Å². The first kappa shape index (κ1) is 52.3. The number of furan rings is 1. The topological polar surface area (TPSA) is 24.6 Å². The van der Waals surface area contributed by atoms with Crippen molar-refractivity contribution in [3.05, 3.63) is 203 Å². The molecule has 2 aromatic heterocycles. The van der Waals surface area contributed by atoms with Crippen LogP contribution in [0.1, 0.15) is 157 Å². The maximum Gasteiger partial charge on any atom is 0.333 e. The maximum atomic E-state index is 7.20. The van der Waals surface area contributed by atoms with Crippen molar-refractivity contribution in [2.24, 2.45) is 0 Å². The Balaban J connectivity index is 1.12. The molecule has 0 N–H and O–H groups in total. The Morgan fingerprint density at radius 2 is 0.963 bits per heavy atom. The summed E-state index contributed by atoms with van der Waals surface area (Å²) < 4.78 is 9.88. The van der Waals surface area contributed by atoms with Crippen molar-refractivity contribution in [1.82, 2.24) is 4.57 Å². The first-order valence-corrected chi connectivity index (χ1v) is 29.9. The average Bonchev–Trinajstić information content (AvgIpc) is 1.47. The molecule has 4 nitrogen and oxygen atoms in total. The summed E-state index contributed by atoms with van der Waals surface area (Å²) >= 11 is 0. The summed E-state index contributed by atoms with van der Waals surface area (Å²) in [6.45, 7) is 39.6. The Kier molecular flexibility index (Phi) is 11.0. The maximum absolute atomic E-state index is 7.20. The van der Waals surface area contributed by atoms with Gasteiger partial charge in [0.05, 0.1) is 11.0 Å². The van der Waals surface area contributed by atoms with E-state index in [1.54, 1.807) is 0 Å². The van der Waals surface area contributed by atoms with Gasteiger partial charge in [-0.25, -0.2) is 0 Å². The Morgan fingerprint density at radius 3 is 1.56 bits per heavy atom. The smallest absolute Gasteiger partial charge is 0.333 e. The molecule has 5 heteroatoms. The zero-order valence-corrected chi connectivity index (χ0v) is 51.4. The van der Waals surface area contributed by atoms with Crippen LogP contribution in [0.15, 0.2) is 168 Å². The first-order valence-electron chi connectivity index (χ1n) is 29.9. The standard InChI is InChI=1S/C77H78BN3O/c1-72(2,3)45-22-30-50(31-23-45)79(51-32-24-46(25-33-51)73(4,5)6)53-36-39-64-55(42-53)56-43-58-63(44-65(56)82-64)81(52-34-26-47(27-35-52)74(7,8)9)78-60-41-49(76(13,14)15)29-38-62(60)80-61-37-28-48(75(10,11)12)40-57(61)68-69-66(67(58)70(78)71(68)80)54-20-18-19-21-59(54)77(69,16)17/h18-44H,1-17H3. The van der Waals surface area contributed by atoms with Crippen LogP contribution in [0.3, 0.4) is 0 Å². The van der Waals surface area contributed by atoms with E-state index in [-0.39, 0.29) is 39.3 Å². The quantitative estimate of drug-likeness (QED) is 0.164. The third-order valence-corrected chi connectivity index (χ3v) is 18.9. The normalized spacial score (nSPS) is 14.7. The molecule has 4 heterocycles. The van der Waals surface area contributed by atoms with Crippen molar-refractivity contribution in [3.8, 4) is 27.9 Å². The van der Waals surface area contributed by atoms with Crippen LogP contribution in [0.2, 0.25) is 0 Å². The van der Waals surface area contributed by atoms with Crippen LogP contribution in [0, 0.1) is 0 Å². The molecule has 2 aliphatic heterocycles. The summed E-state index contributed by atoms with van der Waals surface area (Å²) in [4.78, 5) is 5.11. The van der Waals surface area contributed by atoms with Crippen LogP contribution < -0.4 is 20.6 Å². The van der Waals surface area contributed by atoms with Gasteiger partial charge < -0.3 is 18.7 Å². The second-order valence-electron chi connectivity index (χ2n) is 29.9. The van der Waals surface area contributed by atoms with Gasteiger partial charge in [0.25, 0.3) is 0 Å². The molecule has 14 rings (SSSR count). The number of aromatic nitrogens is 1. The van der Waals surface area contributed by atoms with E-state index >= 15 is 0 Å². The van der Waals surface area contributed by atoms with E-state index in [0.717, 1.165) is 50.4 Å². The van der Waals surface area contributed by atoms with Gasteiger partial charge in [-0.2, -0.15) is 0 Å². The van der Waals surface area contributed by atoms with E-state index in [0.29, 0.717) is 0 Å². The summed E-state index contributed by atoms with van der Waals surface area (Å²) in [5, 5.41) is 4.91. The number of anilines is 5. The molecule has 82 heavy (non-hydrogen) atoms. The summed E-state index contributed by atoms with van der Waals surface area (Å²) in [6.07, 6.45) is 0. The van der Waals surface area contributed by atoms with E-state index in [4.69, 9.17) is 4.42 Å². The van der Waals surface area contributed by atoms with Crippen molar-refractivity contribution in [2.45, 2.75) is 150 Å². The lowest BCUT2D eigenvalue weighted by molar-refractivity contribution is 0.590. The van der Waals surface area contributed by atoms with E-state index in [9.17, 15) is 0 Å². The Morgan fingerprint density at radius 1 is 0.439 bits per heavy atom. The largest absolute Gasteiger partial charge is 0.456 e. The fraction of sp³-hybridized carbons (Fsp3) is 0.299. The Hall–Kier alpha value is -7.76. The van der Waals surface area contributed by atoms with Gasteiger partial charge in [-0.3, -0.25) is 0 Å². The molecule has 1 aliphatic carbocycles. The zero-order valence-electron chi connectivity index (χ0n) is 51.4. The number of hydrogen-bond acceptors (Lipinski definition) is 3. The average molecular weight is 1070 g/mol. The van der Waals surface area contributed by atoms with Gasteiger partial charge in [0.2, 0.25) is 0 Å². The molecule has 0 spiro atoms. The first-order chi connectivity index (χ1) is 38.6. The van der Waals surface area contributed by atoms with E-state index in [1.807, 2.05) is 0 Å². The molecule has 11 aromatic rings. The van der Waals surface area contributed by atoms with Crippen LogP contribution in [0.5, 0.6) is 0 Å². The van der Waals surface area contributed by atoms with Gasteiger partial charge >= 0.3 is 6.85 Å². The molecule has 3 aliphatic rings. The van der Waals surface area contributed by atoms with Crippen molar-refractivity contribution in [2.75, 3.05) is 9.71 Å². The molecule has 0 fully saturated rings. The molecule has 0 saturated carbocycles. The van der Waals surface area contributed by atoms with Gasteiger partial charge in [-0.1, -0.05) is 197 Å². The highest BCUT2D eigenvalue weighted by Gasteiger charge is 2.50. The summed E-state index contributed by atoms with van der Waals surface area (Å²) in [5.74, 6) is 0. The van der Waals surface area contributed by atoms with E-state index < -0.39 is 0 Å². The van der Waals surface area contributed by atoms with Crippen molar-refractivity contribution >= 4 is 90.0 Å². The lowest BCUT2D eigenvalue weighted by Gasteiger charge is -2.43. The highest BCUT2D eigenvalue weighted by molar-refractivity contribution is 6.94. The molecular formula is C77H78BN3O. The number of nitrogens with zero attached hydrogens (tertiary/aromatic N) is 3. The second kappa shape index (κ2) is 17.2. The van der Waals surface area contributed by atoms with Crippen LogP contribution in [0.25, 0.3) is 71.7 Å². The zero-order chi connectivity index (χ0) is 57.7. The minimum absolute atomic E-state index is 0.00955. The van der Waals surface area contributed by atoms with Crippen LogP contribution >= 0.6 is 0 Å². The lowest BCUT2D eigenvalue weighted by Crippen LogP contribution is -2.61. The van der Waals surface area contributed by atoms with Crippen molar-refractivity contribution < 1.29 is 4.42 Å². The van der Waals surface area contributed by atoms with Gasteiger partial charge in [0.1, 0.15) is 11.2 Å². The highest BCUT2D eigenvalue weighted by Crippen LogP contribution is 2.60. The summed E-state index contributed by atoms with van der Waals surface area (Å²) in [7, 11) is 0. The molecule has 0 unspecified atom stereocenters. The molecule has 0 saturated heterocycles. The van der Waals surface area contributed by atoms with E-state index in [1.165, 1.54) is 99.6 Å². The molecule has 0 amide bonds. The van der Waals surface area contributed by atoms with Crippen molar-refractivity contribution in [1.29, 1.82) is 0 Å². The molecule has 0 atom stereocenters. The fourth-order valence-electron chi connectivity index (χ4n) is 14.3. The van der Waals surface area contributed by atoms with Gasteiger partial charge in [-0.05, 0) is 172 Å². The van der Waals surface area contributed by atoms with Crippen molar-refractivity contribution in [3.63, 3.8) is 0 Å². The third kappa shape index (κ3) is 7.70. The summed E-state index contributed by atoms with van der Waals surface area (Å²) in [5.41, 5.74) is 28.2. The molecule has 9 aromatic carbocycles. The Labute approximate surface area is 486 Å². The SMILES string of the molecule is CC(C)(C)c1ccc(N2B3c4cc(C(C)(C)C)ccc4-n4c5ccc(C(C)(C)C)cc5c5c6c(c(c3c54)-c3cc4c(cc32)oc2ccc(N(c3ccc(C(C)(C)C)cc3)c3ccc(C(C)(C)C)cc3)cc24)-c2ccccc2C6(C)C)cc1. The number of hydrogen-bond donors (Lipinski definition) is 0. The number of fused-ring (bicyclic) bond motifs is 16. The van der Waals surface area contributed by atoms with Crippen LogP contribution in [0.4, 0.5) is 28.4 Å². The predicted octanol–water partition coefficient (Wildman–Crippen LogP) is 20.2.